The highest BCUT2D eigenvalue weighted by atomic mass is 16.6. The number of ether oxygens (including phenoxy) is 1. The number of hydrogen-bond donors (Lipinski definition) is 0. The average molecular weight is 182 g/mol. The van der Waals surface area contributed by atoms with E-state index in [-0.39, 0.29) is 18.2 Å². The monoisotopic (exact) mass is 182 g/mol. The second-order valence-corrected chi connectivity index (χ2v) is 3.28. The average Bonchev–Trinajstić information content (AvgIpc) is 2.46. The van der Waals surface area contributed by atoms with Crippen LogP contribution in [0.15, 0.2) is 0 Å². The largest absolute Gasteiger partial charge is 0.443 e. The van der Waals surface area contributed by atoms with Crippen molar-refractivity contribution in [3.63, 3.8) is 0 Å². The highest BCUT2D eigenvalue weighted by Gasteiger charge is 2.33. The van der Waals surface area contributed by atoms with Crippen LogP contribution < -0.4 is 0 Å². The Balaban J connectivity index is 2.52. The number of rotatable bonds is 3. The third-order valence-electron chi connectivity index (χ3n) is 2.34. The Morgan fingerprint density at radius 2 is 2.54 bits per heavy atom. The lowest BCUT2D eigenvalue weighted by Gasteiger charge is -2.19. The van der Waals surface area contributed by atoms with Crippen molar-refractivity contribution in [2.45, 2.75) is 38.8 Å². The van der Waals surface area contributed by atoms with Gasteiger partial charge in [-0.05, 0) is 13.3 Å². The smallest absolute Gasteiger partial charge is 0.410 e. The van der Waals surface area contributed by atoms with Crippen molar-refractivity contribution in [2.24, 2.45) is 0 Å². The molecule has 2 unspecified atom stereocenters. The summed E-state index contributed by atoms with van der Waals surface area (Å²) in [4.78, 5) is 12.9. The van der Waals surface area contributed by atoms with E-state index in [1.165, 1.54) is 0 Å². The molecule has 4 heteroatoms. The van der Waals surface area contributed by atoms with Crippen LogP contribution in [0.25, 0.3) is 0 Å². The molecule has 0 aromatic rings. The van der Waals surface area contributed by atoms with E-state index in [2.05, 4.69) is 0 Å². The van der Waals surface area contributed by atoms with E-state index in [9.17, 15) is 4.79 Å². The number of amides is 1. The van der Waals surface area contributed by atoms with Crippen molar-refractivity contribution in [3.8, 4) is 6.07 Å². The van der Waals surface area contributed by atoms with Crippen LogP contribution in [-0.2, 0) is 4.74 Å². The van der Waals surface area contributed by atoms with Crippen molar-refractivity contribution >= 4 is 6.09 Å². The van der Waals surface area contributed by atoms with Gasteiger partial charge in [0.2, 0.25) is 0 Å². The molecule has 0 saturated carbocycles. The Morgan fingerprint density at radius 3 is 3.08 bits per heavy atom. The quantitative estimate of drug-likeness (QED) is 0.665. The SMILES string of the molecule is CCC(C)N1CC(CC#N)OC1=O. The fourth-order valence-corrected chi connectivity index (χ4v) is 1.33. The van der Waals surface area contributed by atoms with E-state index in [1.54, 1.807) is 4.90 Å². The third kappa shape index (κ3) is 2.11. The second-order valence-electron chi connectivity index (χ2n) is 3.28. The number of carbonyl (C=O) groups is 1. The molecule has 0 spiro atoms. The van der Waals surface area contributed by atoms with E-state index >= 15 is 0 Å². The minimum absolute atomic E-state index is 0.205. The molecule has 1 saturated heterocycles. The Kier molecular flexibility index (Phi) is 3.13. The maximum Gasteiger partial charge on any atom is 0.410 e. The molecule has 1 rings (SSSR count). The van der Waals surface area contributed by atoms with Crippen LogP contribution in [0.3, 0.4) is 0 Å². The highest BCUT2D eigenvalue weighted by molar-refractivity contribution is 5.70. The minimum atomic E-state index is -0.283. The Bertz CT molecular complexity index is 234. The van der Waals surface area contributed by atoms with E-state index in [1.807, 2.05) is 19.9 Å². The second kappa shape index (κ2) is 4.13. The van der Waals surface area contributed by atoms with Gasteiger partial charge in [0.25, 0.3) is 0 Å². The number of cyclic esters (lactones) is 1. The molecule has 0 N–H and O–H groups in total. The van der Waals surface area contributed by atoms with Crippen molar-refractivity contribution < 1.29 is 9.53 Å². The summed E-state index contributed by atoms with van der Waals surface area (Å²) >= 11 is 0. The van der Waals surface area contributed by atoms with Gasteiger partial charge in [0, 0.05) is 6.04 Å². The molecule has 1 aliphatic heterocycles. The summed E-state index contributed by atoms with van der Waals surface area (Å²) in [6.45, 7) is 4.56. The van der Waals surface area contributed by atoms with Crippen LogP contribution >= 0.6 is 0 Å². The summed E-state index contributed by atoms with van der Waals surface area (Å²) in [5, 5.41) is 8.44. The molecular formula is C9H14N2O2. The molecule has 0 aliphatic carbocycles. The number of nitriles is 1. The van der Waals surface area contributed by atoms with E-state index in [0.717, 1.165) is 6.42 Å². The van der Waals surface area contributed by atoms with Crippen molar-refractivity contribution in [1.29, 1.82) is 5.26 Å². The van der Waals surface area contributed by atoms with Crippen molar-refractivity contribution in [2.75, 3.05) is 6.54 Å². The first-order valence-electron chi connectivity index (χ1n) is 4.53. The van der Waals surface area contributed by atoms with Gasteiger partial charge in [-0.15, -0.1) is 0 Å². The summed E-state index contributed by atoms with van der Waals surface area (Å²) in [5.41, 5.74) is 0. The van der Waals surface area contributed by atoms with Crippen LogP contribution in [0.5, 0.6) is 0 Å². The van der Waals surface area contributed by atoms with Gasteiger partial charge in [-0.1, -0.05) is 6.92 Å². The fourth-order valence-electron chi connectivity index (χ4n) is 1.33. The minimum Gasteiger partial charge on any atom is -0.443 e. The lowest BCUT2D eigenvalue weighted by Crippen LogP contribution is -2.33. The Labute approximate surface area is 78.1 Å². The van der Waals surface area contributed by atoms with Gasteiger partial charge in [0.15, 0.2) is 0 Å². The molecule has 4 nitrogen and oxygen atoms in total. The molecule has 1 aliphatic rings. The lowest BCUT2D eigenvalue weighted by molar-refractivity contribution is 0.129. The normalized spacial score (nSPS) is 23.9. The van der Waals surface area contributed by atoms with E-state index in [4.69, 9.17) is 10.00 Å². The molecule has 0 bridgehead atoms. The third-order valence-corrected chi connectivity index (χ3v) is 2.34. The van der Waals surface area contributed by atoms with Crippen LogP contribution in [0, 0.1) is 11.3 Å². The molecule has 72 valence electrons. The summed E-state index contributed by atoms with van der Waals surface area (Å²) in [6.07, 6.45) is 0.689. The molecule has 0 aromatic carbocycles. The molecule has 13 heavy (non-hydrogen) atoms. The van der Waals surface area contributed by atoms with Crippen LogP contribution in [0.1, 0.15) is 26.7 Å². The van der Waals surface area contributed by atoms with Crippen molar-refractivity contribution in [3.05, 3.63) is 0 Å². The fraction of sp³-hybridized carbons (Fsp3) is 0.778. The predicted molar refractivity (Wildman–Crippen MR) is 47.0 cm³/mol. The number of carbonyl (C=O) groups excluding carboxylic acids is 1. The summed E-state index contributed by atoms with van der Waals surface area (Å²) < 4.78 is 5.00. The van der Waals surface area contributed by atoms with E-state index in [0.29, 0.717) is 13.0 Å². The molecule has 1 amide bonds. The van der Waals surface area contributed by atoms with Gasteiger partial charge in [0.05, 0.1) is 19.0 Å². The molecule has 2 atom stereocenters. The van der Waals surface area contributed by atoms with Gasteiger partial charge >= 0.3 is 6.09 Å². The van der Waals surface area contributed by atoms with Gasteiger partial charge in [-0.25, -0.2) is 4.79 Å². The molecule has 0 aromatic heterocycles. The van der Waals surface area contributed by atoms with E-state index < -0.39 is 0 Å². The lowest BCUT2D eigenvalue weighted by atomic mass is 10.2. The number of nitrogens with zero attached hydrogens (tertiary/aromatic N) is 2. The maximum absolute atomic E-state index is 11.3. The topological polar surface area (TPSA) is 53.3 Å². The van der Waals surface area contributed by atoms with Gasteiger partial charge in [-0.2, -0.15) is 5.26 Å². The van der Waals surface area contributed by atoms with Gasteiger partial charge < -0.3 is 9.64 Å². The van der Waals surface area contributed by atoms with Gasteiger partial charge in [0.1, 0.15) is 6.10 Å². The summed E-state index contributed by atoms with van der Waals surface area (Å²) in [6, 6.07) is 2.21. The zero-order valence-electron chi connectivity index (χ0n) is 7.99. The molecule has 0 radical (unpaired) electrons. The summed E-state index contributed by atoms with van der Waals surface area (Å²) in [7, 11) is 0. The standard InChI is InChI=1S/C9H14N2O2/c1-3-7(2)11-6-8(4-5-10)13-9(11)12/h7-8H,3-4,6H2,1-2H3. The van der Waals surface area contributed by atoms with Crippen LogP contribution in [-0.4, -0.2) is 29.7 Å². The highest BCUT2D eigenvalue weighted by Crippen LogP contribution is 2.17. The predicted octanol–water partition coefficient (Wildman–Crippen LogP) is 1.52. The first kappa shape index (κ1) is 9.85. The van der Waals surface area contributed by atoms with Crippen LogP contribution in [0.2, 0.25) is 0 Å². The maximum atomic E-state index is 11.3. The zero-order chi connectivity index (χ0) is 9.84. The molecule has 1 fully saturated rings. The first-order chi connectivity index (χ1) is 6.19. The number of hydrogen-bond acceptors (Lipinski definition) is 3. The van der Waals surface area contributed by atoms with Crippen molar-refractivity contribution in [1.82, 2.24) is 4.90 Å². The van der Waals surface area contributed by atoms with Gasteiger partial charge in [-0.3, -0.25) is 0 Å². The summed E-state index contributed by atoms with van der Waals surface area (Å²) in [5.74, 6) is 0. The molecular weight excluding hydrogens is 168 g/mol. The Hall–Kier alpha value is -1.24. The van der Waals surface area contributed by atoms with Crippen LogP contribution in [0.4, 0.5) is 4.79 Å². The Morgan fingerprint density at radius 1 is 1.85 bits per heavy atom. The first-order valence-corrected chi connectivity index (χ1v) is 4.53. The zero-order valence-corrected chi connectivity index (χ0v) is 7.99. The molecule has 1 heterocycles.